The minimum Gasteiger partial charge on any atom is -0.480 e. The third kappa shape index (κ3) is 2.11. The van der Waals surface area contributed by atoms with Gasteiger partial charge in [-0.25, -0.2) is 12.8 Å². The fourth-order valence-corrected chi connectivity index (χ4v) is 4.54. The van der Waals surface area contributed by atoms with E-state index in [1.807, 2.05) is 0 Å². The van der Waals surface area contributed by atoms with Crippen LogP contribution in [0.15, 0.2) is 29.3 Å². The number of H-pyrrole nitrogens is 1. The van der Waals surface area contributed by atoms with E-state index in [1.165, 1.54) is 18.3 Å². The topological polar surface area (TPSA) is 90.5 Å². The van der Waals surface area contributed by atoms with Gasteiger partial charge in [-0.1, -0.05) is 6.07 Å². The molecule has 2 heterocycles. The average molecular weight is 312 g/mol. The van der Waals surface area contributed by atoms with E-state index in [4.69, 9.17) is 5.11 Å². The van der Waals surface area contributed by atoms with Crippen molar-refractivity contribution in [1.82, 2.24) is 9.29 Å². The van der Waals surface area contributed by atoms with Gasteiger partial charge in [0.2, 0.25) is 10.0 Å². The summed E-state index contributed by atoms with van der Waals surface area (Å²) < 4.78 is 40.2. The molecular formula is C13H13FN2O4S. The van der Waals surface area contributed by atoms with Crippen LogP contribution in [-0.2, 0) is 14.8 Å². The number of aromatic nitrogens is 1. The van der Waals surface area contributed by atoms with E-state index in [0.29, 0.717) is 11.9 Å². The highest BCUT2D eigenvalue weighted by Gasteiger charge is 2.40. The Morgan fingerprint density at radius 2 is 2.19 bits per heavy atom. The van der Waals surface area contributed by atoms with Crippen LogP contribution in [0.2, 0.25) is 0 Å². The molecule has 6 nitrogen and oxygen atoms in total. The summed E-state index contributed by atoms with van der Waals surface area (Å²) in [7, 11) is -4.06. The first-order valence-corrected chi connectivity index (χ1v) is 7.87. The van der Waals surface area contributed by atoms with Crippen molar-refractivity contribution >= 4 is 26.9 Å². The van der Waals surface area contributed by atoms with Crippen LogP contribution < -0.4 is 0 Å². The van der Waals surface area contributed by atoms with E-state index in [1.54, 1.807) is 6.07 Å². The van der Waals surface area contributed by atoms with Crippen LogP contribution in [0.4, 0.5) is 4.39 Å². The predicted molar refractivity (Wildman–Crippen MR) is 72.8 cm³/mol. The lowest BCUT2D eigenvalue weighted by molar-refractivity contribution is -0.140. The summed E-state index contributed by atoms with van der Waals surface area (Å²) >= 11 is 0. The first-order chi connectivity index (χ1) is 9.93. The molecule has 1 aromatic carbocycles. The van der Waals surface area contributed by atoms with Gasteiger partial charge in [0.05, 0.1) is 5.39 Å². The van der Waals surface area contributed by atoms with Crippen molar-refractivity contribution in [2.75, 3.05) is 6.54 Å². The van der Waals surface area contributed by atoms with Gasteiger partial charge in [0.25, 0.3) is 0 Å². The summed E-state index contributed by atoms with van der Waals surface area (Å²) in [4.78, 5) is 13.7. The van der Waals surface area contributed by atoms with Gasteiger partial charge in [-0.15, -0.1) is 0 Å². The lowest BCUT2D eigenvalue weighted by Crippen LogP contribution is -2.40. The molecule has 112 valence electrons. The van der Waals surface area contributed by atoms with Gasteiger partial charge in [-0.3, -0.25) is 4.79 Å². The molecule has 0 saturated carbocycles. The molecule has 1 saturated heterocycles. The van der Waals surface area contributed by atoms with Crippen molar-refractivity contribution in [3.63, 3.8) is 0 Å². The fraction of sp³-hybridized carbons (Fsp3) is 0.308. The van der Waals surface area contributed by atoms with Crippen LogP contribution >= 0.6 is 0 Å². The SMILES string of the molecule is O=C(O)[C@H]1CCCN1S(=O)(=O)c1c[nH]c2cccc(F)c12. The molecule has 0 aliphatic carbocycles. The molecule has 2 N–H and O–H groups in total. The van der Waals surface area contributed by atoms with Gasteiger partial charge in [-0.05, 0) is 25.0 Å². The molecule has 8 heteroatoms. The minimum absolute atomic E-state index is 0.0338. The van der Waals surface area contributed by atoms with Crippen molar-refractivity contribution in [2.45, 2.75) is 23.8 Å². The zero-order chi connectivity index (χ0) is 15.2. The van der Waals surface area contributed by atoms with Crippen LogP contribution in [0.5, 0.6) is 0 Å². The van der Waals surface area contributed by atoms with E-state index in [2.05, 4.69) is 4.98 Å². The number of sulfonamides is 1. The highest BCUT2D eigenvalue weighted by Crippen LogP contribution is 2.31. The smallest absolute Gasteiger partial charge is 0.322 e. The first-order valence-electron chi connectivity index (χ1n) is 6.43. The monoisotopic (exact) mass is 312 g/mol. The van der Waals surface area contributed by atoms with E-state index < -0.39 is 27.9 Å². The zero-order valence-corrected chi connectivity index (χ0v) is 11.7. The zero-order valence-electron chi connectivity index (χ0n) is 10.9. The molecule has 0 spiro atoms. The third-order valence-electron chi connectivity index (χ3n) is 3.69. The van der Waals surface area contributed by atoms with Crippen LogP contribution in [0.1, 0.15) is 12.8 Å². The molecule has 1 fully saturated rings. The second-order valence-electron chi connectivity index (χ2n) is 4.93. The normalized spacial score (nSPS) is 20.1. The van der Waals surface area contributed by atoms with E-state index in [-0.39, 0.29) is 23.2 Å². The van der Waals surface area contributed by atoms with Crippen molar-refractivity contribution in [3.8, 4) is 0 Å². The Balaban J connectivity index is 2.15. The third-order valence-corrected chi connectivity index (χ3v) is 5.63. The van der Waals surface area contributed by atoms with Gasteiger partial charge < -0.3 is 10.1 Å². The van der Waals surface area contributed by atoms with Crippen LogP contribution in [-0.4, -0.2) is 41.4 Å². The average Bonchev–Trinajstić information content (AvgIpc) is 3.06. The number of carboxylic acid groups (broad SMARTS) is 1. The van der Waals surface area contributed by atoms with Crippen molar-refractivity contribution in [2.24, 2.45) is 0 Å². The lowest BCUT2D eigenvalue weighted by Gasteiger charge is -2.20. The Hall–Kier alpha value is -1.93. The van der Waals surface area contributed by atoms with Crippen molar-refractivity contribution in [3.05, 3.63) is 30.2 Å². The number of fused-ring (bicyclic) bond motifs is 1. The summed E-state index contributed by atoms with van der Waals surface area (Å²) in [5.74, 6) is -1.84. The summed E-state index contributed by atoms with van der Waals surface area (Å²) in [6, 6.07) is 3.12. The molecule has 0 bridgehead atoms. The lowest BCUT2D eigenvalue weighted by atomic mass is 10.2. The first kappa shape index (κ1) is 14.0. The van der Waals surface area contributed by atoms with Gasteiger partial charge >= 0.3 is 5.97 Å². The molecule has 1 aliphatic heterocycles. The largest absolute Gasteiger partial charge is 0.480 e. The van der Waals surface area contributed by atoms with Crippen molar-refractivity contribution < 1.29 is 22.7 Å². The molecule has 3 rings (SSSR count). The Labute approximate surface area is 120 Å². The van der Waals surface area contributed by atoms with Crippen LogP contribution in [0, 0.1) is 5.82 Å². The minimum atomic E-state index is -4.06. The highest BCUT2D eigenvalue weighted by molar-refractivity contribution is 7.89. The molecule has 0 unspecified atom stereocenters. The number of carbonyl (C=O) groups is 1. The molecule has 1 atom stereocenters. The number of aromatic amines is 1. The maximum atomic E-state index is 13.9. The van der Waals surface area contributed by atoms with E-state index >= 15 is 0 Å². The number of nitrogens with zero attached hydrogens (tertiary/aromatic N) is 1. The summed E-state index contributed by atoms with van der Waals surface area (Å²) in [6.45, 7) is 0.125. The van der Waals surface area contributed by atoms with Crippen molar-refractivity contribution in [1.29, 1.82) is 0 Å². The second kappa shape index (κ2) is 4.81. The highest BCUT2D eigenvalue weighted by atomic mass is 32.2. The number of hydrogen-bond acceptors (Lipinski definition) is 3. The molecule has 2 aromatic rings. The van der Waals surface area contributed by atoms with Gasteiger partial charge in [0.1, 0.15) is 16.8 Å². The van der Waals surface area contributed by atoms with Crippen LogP contribution in [0.25, 0.3) is 10.9 Å². The molecule has 1 aromatic heterocycles. The van der Waals surface area contributed by atoms with Gasteiger partial charge in [0.15, 0.2) is 0 Å². The Bertz CT molecular complexity index is 815. The Morgan fingerprint density at radius 1 is 1.43 bits per heavy atom. The van der Waals surface area contributed by atoms with E-state index in [9.17, 15) is 17.6 Å². The molecule has 21 heavy (non-hydrogen) atoms. The summed E-state index contributed by atoms with van der Waals surface area (Å²) in [5, 5.41) is 9.09. The number of hydrogen-bond donors (Lipinski definition) is 2. The number of halogens is 1. The predicted octanol–water partition coefficient (Wildman–Crippen LogP) is 1.54. The number of nitrogens with one attached hydrogen (secondary N) is 1. The number of aliphatic carboxylic acids is 1. The molecule has 1 aliphatic rings. The number of benzene rings is 1. The Kier molecular flexibility index (Phi) is 3.22. The molecular weight excluding hydrogens is 299 g/mol. The maximum absolute atomic E-state index is 13.9. The van der Waals surface area contributed by atoms with Gasteiger partial charge in [0, 0.05) is 18.3 Å². The number of rotatable bonds is 3. The number of carboxylic acids is 1. The molecule has 0 radical (unpaired) electrons. The fourth-order valence-electron chi connectivity index (χ4n) is 2.71. The Morgan fingerprint density at radius 3 is 2.90 bits per heavy atom. The van der Waals surface area contributed by atoms with Gasteiger partial charge in [-0.2, -0.15) is 4.31 Å². The maximum Gasteiger partial charge on any atom is 0.322 e. The van der Waals surface area contributed by atoms with E-state index in [0.717, 1.165) is 4.31 Å². The molecule has 0 amide bonds. The summed E-state index contributed by atoms with van der Waals surface area (Å²) in [5.41, 5.74) is 0.361. The summed E-state index contributed by atoms with van der Waals surface area (Å²) in [6.07, 6.45) is 1.95. The standard InChI is InChI=1S/C13H13FN2O4S/c14-8-3-1-4-9-12(8)11(7-15-9)21(19,20)16-6-2-5-10(16)13(17)18/h1,3-4,7,10,15H,2,5-6H2,(H,17,18)/t10-/m1/s1. The van der Waals surface area contributed by atoms with Crippen LogP contribution in [0.3, 0.4) is 0 Å². The quantitative estimate of drug-likeness (QED) is 0.899. The second-order valence-corrected chi connectivity index (χ2v) is 6.79.